The Kier molecular flexibility index (Phi) is 2.96. The minimum atomic E-state index is 0.0865. The lowest BCUT2D eigenvalue weighted by atomic mass is 9.90. The van der Waals surface area contributed by atoms with Crippen LogP contribution in [0.15, 0.2) is 5.38 Å². The van der Waals surface area contributed by atoms with Crippen molar-refractivity contribution >= 4 is 11.3 Å². The molecule has 0 unspecified atom stereocenters. The van der Waals surface area contributed by atoms with Gasteiger partial charge in [-0.05, 0) is 12.8 Å². The standard InChI is InChI=1S/C10H15NOS/c12-6-9-7-13-10(11-9)8-4-2-1-3-5-8/h7-8,12H,1-6H2. The Labute approximate surface area is 82.6 Å². The summed E-state index contributed by atoms with van der Waals surface area (Å²) in [6.07, 6.45) is 6.66. The smallest absolute Gasteiger partial charge is 0.0960 e. The van der Waals surface area contributed by atoms with E-state index in [2.05, 4.69) is 4.98 Å². The summed E-state index contributed by atoms with van der Waals surface area (Å²) >= 11 is 1.71. The third-order valence-corrected chi connectivity index (χ3v) is 3.74. The van der Waals surface area contributed by atoms with E-state index in [1.807, 2.05) is 5.38 Å². The maximum absolute atomic E-state index is 8.89. The van der Waals surface area contributed by atoms with Crippen LogP contribution in [0.5, 0.6) is 0 Å². The average molecular weight is 197 g/mol. The average Bonchev–Trinajstić information content (AvgIpc) is 2.67. The molecule has 0 aliphatic heterocycles. The molecule has 13 heavy (non-hydrogen) atoms. The van der Waals surface area contributed by atoms with E-state index >= 15 is 0 Å². The van der Waals surface area contributed by atoms with Crippen LogP contribution in [0.3, 0.4) is 0 Å². The van der Waals surface area contributed by atoms with Crippen LogP contribution in [0, 0.1) is 0 Å². The molecule has 2 nitrogen and oxygen atoms in total. The van der Waals surface area contributed by atoms with Crippen molar-refractivity contribution in [1.29, 1.82) is 0 Å². The number of aliphatic hydroxyl groups is 1. The fraction of sp³-hybridized carbons (Fsp3) is 0.700. The highest BCUT2D eigenvalue weighted by Gasteiger charge is 2.18. The van der Waals surface area contributed by atoms with E-state index in [4.69, 9.17) is 5.11 Å². The van der Waals surface area contributed by atoms with Crippen LogP contribution in [0.2, 0.25) is 0 Å². The molecule has 1 N–H and O–H groups in total. The molecule has 1 aliphatic rings. The molecule has 1 heterocycles. The molecule has 0 saturated heterocycles. The van der Waals surface area contributed by atoms with Gasteiger partial charge in [-0.25, -0.2) is 4.98 Å². The van der Waals surface area contributed by atoms with E-state index in [1.165, 1.54) is 37.1 Å². The molecule has 1 fully saturated rings. The fourth-order valence-electron chi connectivity index (χ4n) is 1.93. The van der Waals surface area contributed by atoms with Gasteiger partial charge in [0, 0.05) is 11.3 Å². The summed E-state index contributed by atoms with van der Waals surface area (Å²) < 4.78 is 0. The summed E-state index contributed by atoms with van der Waals surface area (Å²) in [5.41, 5.74) is 0.838. The van der Waals surface area contributed by atoms with Gasteiger partial charge in [0.1, 0.15) is 0 Å². The minimum Gasteiger partial charge on any atom is -0.390 e. The van der Waals surface area contributed by atoms with Crippen molar-refractivity contribution < 1.29 is 5.11 Å². The number of hydrogen-bond acceptors (Lipinski definition) is 3. The summed E-state index contributed by atoms with van der Waals surface area (Å²) in [6.45, 7) is 0.0865. The monoisotopic (exact) mass is 197 g/mol. The Morgan fingerprint density at radius 3 is 2.77 bits per heavy atom. The van der Waals surface area contributed by atoms with Crippen molar-refractivity contribution in [2.75, 3.05) is 0 Å². The molecule has 1 aliphatic carbocycles. The second-order valence-electron chi connectivity index (χ2n) is 3.67. The van der Waals surface area contributed by atoms with Gasteiger partial charge in [0.2, 0.25) is 0 Å². The highest BCUT2D eigenvalue weighted by Crippen LogP contribution is 2.34. The van der Waals surface area contributed by atoms with E-state index in [9.17, 15) is 0 Å². The lowest BCUT2D eigenvalue weighted by molar-refractivity contribution is 0.277. The van der Waals surface area contributed by atoms with Gasteiger partial charge in [-0.15, -0.1) is 11.3 Å². The number of thiazole rings is 1. The van der Waals surface area contributed by atoms with Crippen molar-refractivity contribution in [3.05, 3.63) is 16.1 Å². The lowest BCUT2D eigenvalue weighted by Gasteiger charge is -2.18. The number of aliphatic hydroxyl groups excluding tert-OH is 1. The predicted octanol–water partition coefficient (Wildman–Crippen LogP) is 2.68. The Hall–Kier alpha value is -0.410. The molecule has 1 saturated carbocycles. The van der Waals surface area contributed by atoms with Gasteiger partial charge >= 0.3 is 0 Å². The lowest BCUT2D eigenvalue weighted by Crippen LogP contribution is -2.04. The summed E-state index contributed by atoms with van der Waals surface area (Å²) in [5, 5.41) is 12.1. The van der Waals surface area contributed by atoms with Gasteiger partial charge in [-0.3, -0.25) is 0 Å². The van der Waals surface area contributed by atoms with Crippen molar-refractivity contribution in [1.82, 2.24) is 4.98 Å². The molecule has 3 heteroatoms. The SMILES string of the molecule is OCc1csc(C2CCCCC2)n1. The zero-order valence-electron chi connectivity index (χ0n) is 7.70. The predicted molar refractivity (Wildman–Crippen MR) is 53.9 cm³/mol. The van der Waals surface area contributed by atoms with Gasteiger partial charge in [0.05, 0.1) is 17.3 Å². The number of nitrogens with zero attached hydrogens (tertiary/aromatic N) is 1. The summed E-state index contributed by atoms with van der Waals surface area (Å²) in [4.78, 5) is 4.42. The second-order valence-corrected chi connectivity index (χ2v) is 4.56. The molecule has 1 aromatic heterocycles. The van der Waals surface area contributed by atoms with Crippen molar-refractivity contribution in [3.8, 4) is 0 Å². The van der Waals surface area contributed by atoms with Crippen LogP contribution in [0.4, 0.5) is 0 Å². The first-order chi connectivity index (χ1) is 6.40. The van der Waals surface area contributed by atoms with Crippen molar-refractivity contribution in [2.24, 2.45) is 0 Å². The Balaban J connectivity index is 2.05. The normalized spacial score (nSPS) is 19.2. The molecule has 0 amide bonds. The Morgan fingerprint density at radius 1 is 1.38 bits per heavy atom. The van der Waals surface area contributed by atoms with E-state index in [0.29, 0.717) is 5.92 Å². The number of hydrogen-bond donors (Lipinski definition) is 1. The van der Waals surface area contributed by atoms with Crippen LogP contribution < -0.4 is 0 Å². The Bertz CT molecular complexity index is 266. The summed E-state index contributed by atoms with van der Waals surface area (Å²) in [6, 6.07) is 0. The van der Waals surface area contributed by atoms with Crippen LogP contribution in [0.25, 0.3) is 0 Å². The third-order valence-electron chi connectivity index (χ3n) is 2.69. The molecule has 0 aromatic carbocycles. The highest BCUT2D eigenvalue weighted by molar-refractivity contribution is 7.09. The topological polar surface area (TPSA) is 33.1 Å². The van der Waals surface area contributed by atoms with Crippen LogP contribution >= 0.6 is 11.3 Å². The molecular weight excluding hydrogens is 182 g/mol. The molecule has 2 rings (SSSR count). The van der Waals surface area contributed by atoms with Crippen LogP contribution in [-0.4, -0.2) is 10.1 Å². The Morgan fingerprint density at radius 2 is 2.15 bits per heavy atom. The molecule has 0 bridgehead atoms. The van der Waals surface area contributed by atoms with Gasteiger partial charge < -0.3 is 5.11 Å². The van der Waals surface area contributed by atoms with E-state index in [-0.39, 0.29) is 6.61 Å². The van der Waals surface area contributed by atoms with Gasteiger partial charge in [-0.2, -0.15) is 0 Å². The zero-order chi connectivity index (χ0) is 9.10. The number of rotatable bonds is 2. The minimum absolute atomic E-state index is 0.0865. The van der Waals surface area contributed by atoms with E-state index < -0.39 is 0 Å². The summed E-state index contributed by atoms with van der Waals surface area (Å²) in [7, 11) is 0. The molecule has 1 aromatic rings. The van der Waals surface area contributed by atoms with Gasteiger partial charge in [-0.1, -0.05) is 19.3 Å². The van der Waals surface area contributed by atoms with Gasteiger partial charge in [0.15, 0.2) is 0 Å². The number of aromatic nitrogens is 1. The van der Waals surface area contributed by atoms with E-state index in [0.717, 1.165) is 5.69 Å². The van der Waals surface area contributed by atoms with Crippen LogP contribution in [-0.2, 0) is 6.61 Å². The molecule has 72 valence electrons. The maximum atomic E-state index is 8.89. The van der Waals surface area contributed by atoms with E-state index in [1.54, 1.807) is 11.3 Å². The quantitative estimate of drug-likeness (QED) is 0.790. The van der Waals surface area contributed by atoms with Crippen LogP contribution in [0.1, 0.15) is 48.7 Å². The largest absolute Gasteiger partial charge is 0.390 e. The zero-order valence-corrected chi connectivity index (χ0v) is 8.52. The van der Waals surface area contributed by atoms with Crippen molar-refractivity contribution in [2.45, 2.75) is 44.6 Å². The molecule has 0 atom stereocenters. The van der Waals surface area contributed by atoms with Gasteiger partial charge in [0.25, 0.3) is 0 Å². The first kappa shape index (κ1) is 9.16. The summed E-state index contributed by atoms with van der Waals surface area (Å²) in [5.74, 6) is 0.680. The maximum Gasteiger partial charge on any atom is 0.0960 e. The fourth-order valence-corrected chi connectivity index (χ4v) is 2.91. The molecule has 0 radical (unpaired) electrons. The third kappa shape index (κ3) is 2.09. The second kappa shape index (κ2) is 4.20. The first-order valence-corrected chi connectivity index (χ1v) is 5.83. The molecular formula is C10H15NOS. The highest BCUT2D eigenvalue weighted by atomic mass is 32.1. The molecule has 0 spiro atoms. The first-order valence-electron chi connectivity index (χ1n) is 4.95. The van der Waals surface area contributed by atoms with Crippen molar-refractivity contribution in [3.63, 3.8) is 0 Å².